The van der Waals surface area contributed by atoms with E-state index in [4.69, 9.17) is 21.6 Å². The van der Waals surface area contributed by atoms with Gasteiger partial charge in [0.2, 0.25) is 0 Å². The maximum absolute atomic E-state index is 6.23. The Kier molecular flexibility index (Phi) is 5.34. The summed E-state index contributed by atoms with van der Waals surface area (Å²) in [7, 11) is 0. The summed E-state index contributed by atoms with van der Waals surface area (Å²) in [5.74, 6) is 1.58. The first-order valence-corrected chi connectivity index (χ1v) is 10.5. The largest absolute Gasteiger partial charge is 0.324 e. The topological polar surface area (TPSA) is 36.8 Å². The summed E-state index contributed by atoms with van der Waals surface area (Å²) in [6.07, 6.45) is -0.362. The van der Waals surface area contributed by atoms with Crippen LogP contribution in [0.15, 0.2) is 119 Å². The van der Waals surface area contributed by atoms with Crippen LogP contribution in [0.1, 0.15) is 22.9 Å². The number of rotatable bonds is 4. The van der Waals surface area contributed by atoms with Gasteiger partial charge in [0.25, 0.3) is 0 Å². The van der Waals surface area contributed by atoms with Crippen LogP contribution in [-0.4, -0.2) is 11.7 Å². The molecule has 0 saturated carbocycles. The Morgan fingerprint density at radius 1 is 0.548 bits per heavy atom. The van der Waals surface area contributed by atoms with Crippen LogP contribution in [-0.2, 0) is 0 Å². The Hall–Kier alpha value is -3.69. The Bertz CT molecular complexity index is 1250. The van der Waals surface area contributed by atoms with Crippen LogP contribution < -0.4 is 5.32 Å². The van der Waals surface area contributed by atoms with E-state index < -0.39 is 0 Å². The summed E-state index contributed by atoms with van der Waals surface area (Å²) in [4.78, 5) is 9.76. The molecule has 5 rings (SSSR count). The maximum atomic E-state index is 6.23. The van der Waals surface area contributed by atoms with Crippen molar-refractivity contribution in [3.63, 3.8) is 0 Å². The van der Waals surface area contributed by atoms with Gasteiger partial charge in [0.15, 0.2) is 6.17 Å². The van der Waals surface area contributed by atoms with Gasteiger partial charge >= 0.3 is 0 Å². The molecule has 4 aromatic carbocycles. The van der Waals surface area contributed by atoms with E-state index in [-0.39, 0.29) is 6.17 Å². The van der Waals surface area contributed by atoms with Crippen molar-refractivity contribution in [1.29, 1.82) is 0 Å². The first-order chi connectivity index (χ1) is 15.3. The standard InChI is InChI=1S/C27H20ClN3/c28-24-13-7-12-23(18-24)27-30-25(21-10-5-2-6-11-21)29-26(31-27)22-16-14-20(15-17-22)19-8-3-1-4-9-19/h1-18,27H,(H,29,30,31). The molecule has 0 radical (unpaired) electrons. The summed E-state index contributed by atoms with van der Waals surface area (Å²) >= 11 is 6.23. The predicted octanol–water partition coefficient (Wildman–Crippen LogP) is 6.50. The molecule has 0 aromatic heterocycles. The van der Waals surface area contributed by atoms with Gasteiger partial charge in [-0.2, -0.15) is 0 Å². The third-order valence-corrected chi connectivity index (χ3v) is 5.43. The van der Waals surface area contributed by atoms with E-state index in [1.165, 1.54) is 11.1 Å². The van der Waals surface area contributed by atoms with Crippen molar-refractivity contribution >= 4 is 23.3 Å². The van der Waals surface area contributed by atoms with E-state index in [0.29, 0.717) is 5.02 Å². The van der Waals surface area contributed by atoms with Crippen molar-refractivity contribution in [1.82, 2.24) is 5.32 Å². The highest BCUT2D eigenvalue weighted by Gasteiger charge is 2.20. The van der Waals surface area contributed by atoms with Crippen LogP contribution in [0.5, 0.6) is 0 Å². The van der Waals surface area contributed by atoms with Gasteiger partial charge in [-0.25, -0.2) is 9.98 Å². The molecule has 1 N–H and O–H groups in total. The summed E-state index contributed by atoms with van der Waals surface area (Å²) in [5.41, 5.74) is 5.35. The Morgan fingerprint density at radius 2 is 1.06 bits per heavy atom. The van der Waals surface area contributed by atoms with Crippen LogP contribution in [0, 0.1) is 0 Å². The fourth-order valence-electron chi connectivity index (χ4n) is 3.61. The number of benzene rings is 4. The second-order valence-corrected chi connectivity index (χ2v) is 7.75. The fourth-order valence-corrected chi connectivity index (χ4v) is 3.81. The lowest BCUT2D eigenvalue weighted by Crippen LogP contribution is -2.36. The van der Waals surface area contributed by atoms with Crippen molar-refractivity contribution in [2.75, 3.05) is 0 Å². The smallest absolute Gasteiger partial charge is 0.169 e. The highest BCUT2D eigenvalue weighted by Crippen LogP contribution is 2.27. The molecule has 0 bridgehead atoms. The lowest BCUT2D eigenvalue weighted by atomic mass is 10.0. The molecule has 4 aromatic rings. The summed E-state index contributed by atoms with van der Waals surface area (Å²) in [5, 5.41) is 4.10. The van der Waals surface area contributed by atoms with Crippen molar-refractivity contribution in [3.05, 3.63) is 131 Å². The zero-order valence-corrected chi connectivity index (χ0v) is 17.5. The van der Waals surface area contributed by atoms with Crippen molar-refractivity contribution in [3.8, 4) is 11.1 Å². The molecular weight excluding hydrogens is 402 g/mol. The first-order valence-electron chi connectivity index (χ1n) is 10.2. The summed E-state index contributed by atoms with van der Waals surface area (Å²) < 4.78 is 0. The molecule has 0 fully saturated rings. The molecule has 150 valence electrons. The molecule has 1 aliphatic rings. The molecule has 1 heterocycles. The predicted molar refractivity (Wildman–Crippen MR) is 129 cm³/mol. The van der Waals surface area contributed by atoms with E-state index in [9.17, 15) is 0 Å². The molecule has 0 saturated heterocycles. The van der Waals surface area contributed by atoms with Crippen molar-refractivity contribution < 1.29 is 0 Å². The lowest BCUT2D eigenvalue weighted by molar-refractivity contribution is 0.756. The number of nitrogens with one attached hydrogen (secondary N) is 1. The molecule has 4 heteroatoms. The van der Waals surface area contributed by atoms with E-state index in [1.807, 2.05) is 72.8 Å². The van der Waals surface area contributed by atoms with Crippen LogP contribution in [0.3, 0.4) is 0 Å². The van der Waals surface area contributed by atoms with Gasteiger partial charge in [-0.3, -0.25) is 0 Å². The molecule has 3 nitrogen and oxygen atoms in total. The first kappa shape index (κ1) is 19.3. The van der Waals surface area contributed by atoms with Gasteiger partial charge in [-0.1, -0.05) is 109 Å². The van der Waals surface area contributed by atoms with Gasteiger partial charge in [0, 0.05) is 16.1 Å². The second-order valence-electron chi connectivity index (χ2n) is 7.32. The van der Waals surface area contributed by atoms with Crippen LogP contribution >= 0.6 is 11.6 Å². The van der Waals surface area contributed by atoms with Crippen molar-refractivity contribution in [2.24, 2.45) is 9.98 Å². The summed E-state index contributed by atoms with van der Waals surface area (Å²) in [6.45, 7) is 0. The number of amidine groups is 2. The highest BCUT2D eigenvalue weighted by molar-refractivity contribution is 6.30. The highest BCUT2D eigenvalue weighted by atomic mass is 35.5. The monoisotopic (exact) mass is 421 g/mol. The number of halogens is 1. The average Bonchev–Trinajstić information content (AvgIpc) is 2.85. The Balaban J connectivity index is 1.52. The fraction of sp³-hybridized carbons (Fsp3) is 0.0370. The molecule has 1 atom stereocenters. The third kappa shape index (κ3) is 4.27. The lowest BCUT2D eigenvalue weighted by Gasteiger charge is -2.22. The maximum Gasteiger partial charge on any atom is 0.169 e. The molecule has 0 amide bonds. The number of aliphatic imine (C=N–C) groups is 2. The number of hydrogen-bond donors (Lipinski definition) is 1. The minimum Gasteiger partial charge on any atom is -0.324 e. The quantitative estimate of drug-likeness (QED) is 0.401. The zero-order valence-electron chi connectivity index (χ0n) is 16.7. The minimum atomic E-state index is -0.362. The minimum absolute atomic E-state index is 0.362. The molecule has 0 spiro atoms. The Labute approximate surface area is 186 Å². The van der Waals surface area contributed by atoms with Crippen LogP contribution in [0.4, 0.5) is 0 Å². The molecule has 31 heavy (non-hydrogen) atoms. The SMILES string of the molecule is Clc1cccc(C2N=C(c3ccccc3)NC(c3ccc(-c4ccccc4)cc3)=N2)c1. The van der Waals surface area contributed by atoms with Gasteiger partial charge < -0.3 is 5.32 Å². The Morgan fingerprint density at radius 3 is 1.68 bits per heavy atom. The average molecular weight is 422 g/mol. The van der Waals surface area contributed by atoms with E-state index in [2.05, 4.69) is 41.7 Å². The van der Waals surface area contributed by atoms with Crippen LogP contribution in [0.25, 0.3) is 11.1 Å². The van der Waals surface area contributed by atoms with Gasteiger partial charge in [0.1, 0.15) is 11.7 Å². The van der Waals surface area contributed by atoms with Gasteiger partial charge in [-0.05, 0) is 28.8 Å². The van der Waals surface area contributed by atoms with Gasteiger partial charge in [0.05, 0.1) is 0 Å². The van der Waals surface area contributed by atoms with Crippen LogP contribution in [0.2, 0.25) is 5.02 Å². The second kappa shape index (κ2) is 8.58. The van der Waals surface area contributed by atoms with E-state index >= 15 is 0 Å². The number of hydrogen-bond acceptors (Lipinski definition) is 3. The zero-order chi connectivity index (χ0) is 21.0. The normalized spacial score (nSPS) is 15.6. The molecule has 0 aliphatic carbocycles. The number of nitrogens with zero attached hydrogens (tertiary/aromatic N) is 2. The van der Waals surface area contributed by atoms with Crippen molar-refractivity contribution in [2.45, 2.75) is 6.17 Å². The molecule has 1 aliphatic heterocycles. The summed E-state index contributed by atoms with van der Waals surface area (Å²) in [6, 6.07) is 36.6. The molecule has 1 unspecified atom stereocenters. The van der Waals surface area contributed by atoms with E-state index in [1.54, 1.807) is 0 Å². The van der Waals surface area contributed by atoms with E-state index in [0.717, 1.165) is 28.4 Å². The third-order valence-electron chi connectivity index (χ3n) is 5.20. The van der Waals surface area contributed by atoms with Gasteiger partial charge in [-0.15, -0.1) is 0 Å². The molecular formula is C27H20ClN3.